The van der Waals surface area contributed by atoms with Gasteiger partial charge in [0.2, 0.25) is 0 Å². The molecule has 1 saturated carbocycles. The van der Waals surface area contributed by atoms with Crippen molar-refractivity contribution >= 4 is 40.7 Å². The summed E-state index contributed by atoms with van der Waals surface area (Å²) in [7, 11) is 1.17. The zero-order valence-corrected chi connectivity index (χ0v) is 20.7. The number of hydrogen-bond donors (Lipinski definition) is 2. The predicted molar refractivity (Wildman–Crippen MR) is 129 cm³/mol. The van der Waals surface area contributed by atoms with Crippen LogP contribution in [0.3, 0.4) is 0 Å². The van der Waals surface area contributed by atoms with Gasteiger partial charge in [-0.15, -0.1) is 24.0 Å². The number of halogens is 1. The lowest BCUT2D eigenvalue weighted by molar-refractivity contribution is 0.158. The molecule has 4 unspecified atom stereocenters. The number of likely N-dealkylation sites (tertiary alicyclic amines) is 1. The number of nitrogens with one attached hydrogen (secondary N) is 2. The second-order valence-electron chi connectivity index (χ2n) is 7.89. The quantitative estimate of drug-likeness (QED) is 0.226. The smallest absolute Gasteiger partial charge is 0.191 e. The van der Waals surface area contributed by atoms with Gasteiger partial charge in [0.05, 0.1) is 0 Å². The second-order valence-corrected chi connectivity index (χ2v) is 9.89. The van der Waals surface area contributed by atoms with Crippen LogP contribution in [0.4, 0.5) is 0 Å². The number of nitrogens with zero attached hydrogens (tertiary/aromatic N) is 2. The lowest BCUT2D eigenvalue weighted by atomic mass is 9.95. The summed E-state index contributed by atoms with van der Waals surface area (Å²) in [6, 6.07) is 1.17. The van der Waals surface area contributed by atoms with Gasteiger partial charge in [0.15, 0.2) is 5.96 Å². The summed E-state index contributed by atoms with van der Waals surface area (Å²) in [5.74, 6) is 1.68. The molecule has 2 rings (SSSR count). The van der Waals surface area contributed by atoms with Crippen molar-refractivity contribution in [3.8, 4) is 0 Å². The Bertz CT molecular complexity index is 463. The van der Waals surface area contributed by atoms with Crippen molar-refractivity contribution in [2.75, 3.05) is 32.4 Å². The molecule has 2 aliphatic rings. The van der Waals surface area contributed by atoms with Crippen molar-refractivity contribution in [2.45, 2.75) is 89.0 Å². The van der Waals surface area contributed by atoms with Gasteiger partial charge >= 0.3 is 0 Å². The number of unbranched alkanes of at least 4 members (excludes halogenated alkanes) is 1. The van der Waals surface area contributed by atoms with Gasteiger partial charge in [-0.05, 0) is 65.0 Å². The van der Waals surface area contributed by atoms with Crippen molar-refractivity contribution < 1.29 is 4.21 Å². The number of guanidine groups is 1. The molecule has 0 amide bonds. The molecule has 2 fully saturated rings. The van der Waals surface area contributed by atoms with Gasteiger partial charge in [-0.3, -0.25) is 9.20 Å². The zero-order valence-electron chi connectivity index (χ0n) is 17.5. The monoisotopic (exact) mass is 512 g/mol. The van der Waals surface area contributed by atoms with E-state index >= 15 is 0 Å². The van der Waals surface area contributed by atoms with Crippen LogP contribution in [0.1, 0.15) is 71.6 Å². The highest BCUT2D eigenvalue weighted by Crippen LogP contribution is 2.23. The molecule has 0 aromatic heterocycles. The summed E-state index contributed by atoms with van der Waals surface area (Å²) in [5.41, 5.74) is 0. The topological polar surface area (TPSA) is 56.7 Å². The van der Waals surface area contributed by atoms with Crippen LogP contribution >= 0.6 is 24.0 Å². The van der Waals surface area contributed by atoms with Gasteiger partial charge in [-0.2, -0.15) is 0 Å². The molecule has 0 aromatic carbocycles. The molecule has 7 heteroatoms. The minimum atomic E-state index is -0.670. The van der Waals surface area contributed by atoms with Crippen molar-refractivity contribution in [1.82, 2.24) is 15.5 Å². The Kier molecular flexibility index (Phi) is 13.2. The third-order valence-electron chi connectivity index (χ3n) is 5.95. The Morgan fingerprint density at radius 1 is 1.19 bits per heavy atom. The maximum atomic E-state index is 12.1. The van der Waals surface area contributed by atoms with Crippen LogP contribution in [0.5, 0.6) is 0 Å². The number of rotatable bonds is 8. The van der Waals surface area contributed by atoms with Gasteiger partial charge in [0, 0.05) is 47.5 Å². The molecule has 27 heavy (non-hydrogen) atoms. The van der Waals surface area contributed by atoms with E-state index in [2.05, 4.69) is 27.4 Å². The fraction of sp³-hybridized carbons (Fsp3) is 0.950. The average Bonchev–Trinajstić information content (AvgIpc) is 2.67. The van der Waals surface area contributed by atoms with Crippen LogP contribution in [0.2, 0.25) is 0 Å². The fourth-order valence-corrected chi connectivity index (χ4v) is 5.62. The maximum Gasteiger partial charge on any atom is 0.191 e. The van der Waals surface area contributed by atoms with E-state index in [0.29, 0.717) is 11.3 Å². The molecule has 0 aromatic rings. The van der Waals surface area contributed by atoms with Crippen LogP contribution in [0.25, 0.3) is 0 Å². The predicted octanol–water partition coefficient (Wildman–Crippen LogP) is 3.50. The Labute approximate surface area is 186 Å². The Hall–Kier alpha value is 0.110. The molecule has 5 nitrogen and oxygen atoms in total. The maximum absolute atomic E-state index is 12.1. The molecule has 0 bridgehead atoms. The van der Waals surface area contributed by atoms with E-state index < -0.39 is 10.8 Å². The fourth-order valence-electron chi connectivity index (χ4n) is 4.27. The average molecular weight is 513 g/mol. The highest BCUT2D eigenvalue weighted by Gasteiger charge is 2.26. The summed E-state index contributed by atoms with van der Waals surface area (Å²) in [4.78, 5) is 7.03. The summed E-state index contributed by atoms with van der Waals surface area (Å²) in [6.07, 6.45) is 11.0. The first-order valence-electron chi connectivity index (χ1n) is 10.7. The van der Waals surface area contributed by atoms with E-state index in [4.69, 9.17) is 0 Å². The molecule has 1 heterocycles. The Morgan fingerprint density at radius 3 is 2.70 bits per heavy atom. The third kappa shape index (κ3) is 8.98. The van der Waals surface area contributed by atoms with Gasteiger partial charge in [0.25, 0.3) is 0 Å². The van der Waals surface area contributed by atoms with Crippen molar-refractivity contribution in [3.63, 3.8) is 0 Å². The highest BCUT2D eigenvalue weighted by molar-refractivity contribution is 14.0. The minimum absolute atomic E-state index is 0. The molecule has 160 valence electrons. The van der Waals surface area contributed by atoms with E-state index in [-0.39, 0.29) is 24.0 Å². The van der Waals surface area contributed by atoms with Crippen molar-refractivity contribution in [2.24, 2.45) is 4.99 Å². The van der Waals surface area contributed by atoms with Crippen LogP contribution in [-0.4, -0.2) is 64.8 Å². The summed E-state index contributed by atoms with van der Waals surface area (Å²) >= 11 is 0. The van der Waals surface area contributed by atoms with Gasteiger partial charge < -0.3 is 15.5 Å². The van der Waals surface area contributed by atoms with Crippen LogP contribution in [0.15, 0.2) is 4.99 Å². The lowest BCUT2D eigenvalue weighted by Gasteiger charge is -2.33. The van der Waals surface area contributed by atoms with Gasteiger partial charge in [0.1, 0.15) is 0 Å². The number of piperidine rings is 1. The normalized spacial score (nSPS) is 28.3. The molecular formula is C20H41IN4OS. The molecule has 1 aliphatic heterocycles. The minimum Gasteiger partial charge on any atom is -0.356 e. The first-order valence-corrected chi connectivity index (χ1v) is 12.1. The van der Waals surface area contributed by atoms with Crippen molar-refractivity contribution in [1.29, 1.82) is 0 Å². The summed E-state index contributed by atoms with van der Waals surface area (Å²) < 4.78 is 12.1. The Balaban J connectivity index is 0.00000364. The molecule has 0 radical (unpaired) electrons. The third-order valence-corrected chi connectivity index (χ3v) is 7.69. The van der Waals surface area contributed by atoms with E-state index in [0.717, 1.165) is 43.6 Å². The van der Waals surface area contributed by atoms with Gasteiger partial charge in [-0.1, -0.05) is 19.8 Å². The zero-order chi connectivity index (χ0) is 18.8. The molecule has 4 atom stereocenters. The summed E-state index contributed by atoms with van der Waals surface area (Å²) in [6.45, 7) is 7.87. The second kappa shape index (κ2) is 14.1. The molecule has 1 saturated heterocycles. The van der Waals surface area contributed by atoms with Crippen LogP contribution in [-0.2, 0) is 10.8 Å². The molecular weight excluding hydrogens is 471 g/mol. The number of hydrogen-bond acceptors (Lipinski definition) is 3. The van der Waals surface area contributed by atoms with Crippen LogP contribution < -0.4 is 10.6 Å². The van der Waals surface area contributed by atoms with Gasteiger partial charge in [-0.25, -0.2) is 0 Å². The molecule has 0 spiro atoms. The first kappa shape index (κ1) is 25.1. The van der Waals surface area contributed by atoms with E-state index in [9.17, 15) is 4.21 Å². The van der Waals surface area contributed by atoms with E-state index in [1.165, 1.54) is 51.6 Å². The Morgan fingerprint density at radius 2 is 2.00 bits per heavy atom. The summed E-state index contributed by atoms with van der Waals surface area (Å²) in [5, 5.41) is 7.38. The lowest BCUT2D eigenvalue weighted by Crippen LogP contribution is -2.47. The SMILES string of the molecule is CCS(=O)C1CCCC(NC(=NC)NCCCCN2CCCCC2C)C1.I. The van der Waals surface area contributed by atoms with E-state index in [1.807, 2.05) is 14.0 Å². The first-order chi connectivity index (χ1) is 12.6. The van der Waals surface area contributed by atoms with Crippen LogP contribution in [0, 0.1) is 0 Å². The standard InChI is InChI=1S/C20H40N4OS.HI/c1-4-26(25)19-12-9-11-18(16-19)23-20(21-3)22-13-6-8-15-24-14-7-5-10-17(24)2;/h17-19H,4-16H2,1-3H3,(H2,21,22,23);1H. The highest BCUT2D eigenvalue weighted by atomic mass is 127. The molecule has 2 N–H and O–H groups in total. The van der Waals surface area contributed by atoms with E-state index in [1.54, 1.807) is 0 Å². The number of aliphatic imine (C=N–C) groups is 1. The van der Waals surface area contributed by atoms with Crippen molar-refractivity contribution in [3.05, 3.63) is 0 Å². The largest absolute Gasteiger partial charge is 0.356 e. The molecule has 1 aliphatic carbocycles.